The first-order valence-corrected chi connectivity index (χ1v) is 7.47. The molecular formula is C16H15BrClFO. The molecule has 0 bridgehead atoms. The molecule has 0 aliphatic rings. The van der Waals surface area contributed by atoms with Crippen LogP contribution in [0.2, 0.25) is 5.02 Å². The van der Waals surface area contributed by atoms with Gasteiger partial charge in [-0.2, -0.15) is 0 Å². The van der Waals surface area contributed by atoms with Gasteiger partial charge in [0.2, 0.25) is 0 Å². The number of benzene rings is 2. The van der Waals surface area contributed by atoms with Gasteiger partial charge in [0, 0.05) is 5.02 Å². The number of hydrogen-bond donors (Lipinski definition) is 0. The molecule has 0 radical (unpaired) electrons. The van der Waals surface area contributed by atoms with Crippen LogP contribution in [0.15, 0.2) is 30.3 Å². The first kappa shape index (κ1) is 15.3. The summed E-state index contributed by atoms with van der Waals surface area (Å²) in [5, 5.41) is 0.693. The van der Waals surface area contributed by atoms with Crippen molar-refractivity contribution in [3.8, 4) is 5.75 Å². The molecule has 0 aliphatic heterocycles. The SMILES string of the molecule is COc1cc(C(Br)c2cc(C)c(C)cc2Cl)ccc1F. The van der Waals surface area contributed by atoms with Crippen molar-refractivity contribution in [2.45, 2.75) is 18.7 Å². The Labute approximate surface area is 131 Å². The van der Waals surface area contributed by atoms with Crippen molar-refractivity contribution in [3.63, 3.8) is 0 Å². The van der Waals surface area contributed by atoms with E-state index in [4.69, 9.17) is 16.3 Å². The number of methoxy groups -OCH3 is 1. The van der Waals surface area contributed by atoms with Crippen molar-refractivity contribution in [2.24, 2.45) is 0 Å². The lowest BCUT2D eigenvalue weighted by molar-refractivity contribution is 0.386. The van der Waals surface area contributed by atoms with Crippen LogP contribution in [0.5, 0.6) is 5.75 Å². The van der Waals surface area contributed by atoms with Crippen LogP contribution in [0.3, 0.4) is 0 Å². The third kappa shape index (κ3) is 2.99. The number of ether oxygens (including phenoxy) is 1. The largest absolute Gasteiger partial charge is 0.494 e. The fourth-order valence-corrected chi connectivity index (χ4v) is 3.13. The zero-order chi connectivity index (χ0) is 14.9. The summed E-state index contributed by atoms with van der Waals surface area (Å²) in [6.45, 7) is 4.06. The first-order chi connectivity index (χ1) is 9.43. The van der Waals surface area contributed by atoms with E-state index in [-0.39, 0.29) is 16.4 Å². The summed E-state index contributed by atoms with van der Waals surface area (Å²) in [6.07, 6.45) is 0. The van der Waals surface area contributed by atoms with E-state index in [0.29, 0.717) is 5.02 Å². The van der Waals surface area contributed by atoms with E-state index in [1.54, 1.807) is 12.1 Å². The highest BCUT2D eigenvalue weighted by atomic mass is 79.9. The Morgan fingerprint density at radius 2 is 1.80 bits per heavy atom. The van der Waals surface area contributed by atoms with Crippen LogP contribution in [0.4, 0.5) is 4.39 Å². The molecule has 0 amide bonds. The molecule has 1 nitrogen and oxygen atoms in total. The highest BCUT2D eigenvalue weighted by Crippen LogP contribution is 2.38. The van der Waals surface area contributed by atoms with Gasteiger partial charge in [-0.3, -0.25) is 0 Å². The van der Waals surface area contributed by atoms with Crippen molar-refractivity contribution in [1.29, 1.82) is 0 Å². The van der Waals surface area contributed by atoms with Gasteiger partial charge in [0.25, 0.3) is 0 Å². The fraction of sp³-hybridized carbons (Fsp3) is 0.250. The van der Waals surface area contributed by atoms with Crippen LogP contribution in [0.1, 0.15) is 27.1 Å². The highest BCUT2D eigenvalue weighted by molar-refractivity contribution is 9.09. The maximum Gasteiger partial charge on any atom is 0.165 e. The van der Waals surface area contributed by atoms with Gasteiger partial charge in [0.05, 0.1) is 11.9 Å². The Kier molecular flexibility index (Phi) is 4.71. The van der Waals surface area contributed by atoms with Gasteiger partial charge >= 0.3 is 0 Å². The molecule has 2 aromatic carbocycles. The summed E-state index contributed by atoms with van der Waals surface area (Å²) >= 11 is 9.94. The predicted octanol–water partition coefficient (Wildman–Crippen LogP) is 5.59. The summed E-state index contributed by atoms with van der Waals surface area (Å²) in [6, 6.07) is 8.80. The molecule has 1 atom stereocenters. The van der Waals surface area contributed by atoms with Crippen LogP contribution in [-0.2, 0) is 0 Å². The van der Waals surface area contributed by atoms with E-state index in [1.807, 2.05) is 26.0 Å². The summed E-state index contributed by atoms with van der Waals surface area (Å²) in [4.78, 5) is -0.108. The molecule has 2 rings (SSSR count). The molecule has 0 N–H and O–H groups in total. The van der Waals surface area contributed by atoms with Crippen LogP contribution in [0, 0.1) is 19.7 Å². The average molecular weight is 358 g/mol. The summed E-state index contributed by atoms with van der Waals surface area (Å²) in [5.74, 6) is -0.144. The summed E-state index contributed by atoms with van der Waals surface area (Å²) in [5.41, 5.74) is 4.18. The van der Waals surface area contributed by atoms with Crippen molar-refractivity contribution in [1.82, 2.24) is 0 Å². The zero-order valence-electron chi connectivity index (χ0n) is 11.5. The number of hydrogen-bond acceptors (Lipinski definition) is 1. The van der Waals surface area contributed by atoms with Gasteiger partial charge in [0.1, 0.15) is 0 Å². The van der Waals surface area contributed by atoms with Crippen molar-refractivity contribution < 1.29 is 9.13 Å². The lowest BCUT2D eigenvalue weighted by Gasteiger charge is -2.16. The molecule has 0 aliphatic carbocycles. The number of aryl methyl sites for hydroxylation is 2. The Bertz CT molecular complexity index is 643. The molecule has 0 aromatic heterocycles. The second-order valence-electron chi connectivity index (χ2n) is 4.71. The Morgan fingerprint density at radius 3 is 2.45 bits per heavy atom. The highest BCUT2D eigenvalue weighted by Gasteiger charge is 2.17. The molecule has 2 aromatic rings. The third-order valence-electron chi connectivity index (χ3n) is 3.35. The molecule has 0 fully saturated rings. The normalized spacial score (nSPS) is 12.3. The van der Waals surface area contributed by atoms with Crippen molar-refractivity contribution in [3.05, 3.63) is 63.4 Å². The maximum absolute atomic E-state index is 13.5. The van der Waals surface area contributed by atoms with Gasteiger partial charge in [-0.1, -0.05) is 39.7 Å². The zero-order valence-corrected chi connectivity index (χ0v) is 13.8. The van der Waals surface area contributed by atoms with Crippen molar-refractivity contribution >= 4 is 27.5 Å². The quantitative estimate of drug-likeness (QED) is 0.651. The smallest absolute Gasteiger partial charge is 0.165 e. The van der Waals surface area contributed by atoms with E-state index in [9.17, 15) is 4.39 Å². The molecular weight excluding hydrogens is 343 g/mol. The molecule has 0 saturated heterocycles. The average Bonchev–Trinajstić information content (AvgIpc) is 2.42. The maximum atomic E-state index is 13.5. The summed E-state index contributed by atoms with van der Waals surface area (Å²) in [7, 11) is 1.45. The van der Waals surface area contributed by atoms with Gasteiger partial charge in [-0.25, -0.2) is 4.39 Å². The first-order valence-electron chi connectivity index (χ1n) is 6.18. The molecule has 0 saturated carbocycles. The molecule has 1 unspecified atom stereocenters. The van der Waals surface area contributed by atoms with Gasteiger partial charge in [0.15, 0.2) is 11.6 Å². The standard InChI is InChI=1S/C16H15BrClFO/c1-9-6-12(13(18)7-10(9)2)16(17)11-4-5-14(19)15(8-11)20-3/h4-8,16H,1-3H3. The predicted molar refractivity (Wildman–Crippen MR) is 84.6 cm³/mol. The Hall–Kier alpha value is -1.06. The lowest BCUT2D eigenvalue weighted by atomic mass is 10.00. The Morgan fingerprint density at radius 1 is 1.15 bits per heavy atom. The minimum absolute atomic E-state index is 0.108. The molecule has 0 spiro atoms. The Balaban J connectivity index is 2.46. The van der Waals surface area contributed by atoms with Gasteiger partial charge in [-0.15, -0.1) is 0 Å². The molecule has 4 heteroatoms. The van der Waals surface area contributed by atoms with Crippen LogP contribution in [-0.4, -0.2) is 7.11 Å². The van der Waals surface area contributed by atoms with Gasteiger partial charge in [-0.05, 0) is 54.3 Å². The van der Waals surface area contributed by atoms with E-state index in [0.717, 1.165) is 16.7 Å². The van der Waals surface area contributed by atoms with Crippen LogP contribution >= 0.6 is 27.5 Å². The van der Waals surface area contributed by atoms with E-state index in [2.05, 4.69) is 15.9 Å². The van der Waals surface area contributed by atoms with E-state index in [1.165, 1.54) is 18.7 Å². The fourth-order valence-electron chi connectivity index (χ4n) is 2.01. The van der Waals surface area contributed by atoms with Crippen molar-refractivity contribution in [2.75, 3.05) is 7.11 Å². The minimum Gasteiger partial charge on any atom is -0.494 e. The molecule has 0 heterocycles. The van der Waals surface area contributed by atoms with Crippen LogP contribution in [0.25, 0.3) is 0 Å². The number of rotatable bonds is 3. The number of halogens is 3. The summed E-state index contributed by atoms with van der Waals surface area (Å²) < 4.78 is 18.5. The monoisotopic (exact) mass is 356 g/mol. The lowest BCUT2D eigenvalue weighted by Crippen LogP contribution is -1.98. The molecule has 20 heavy (non-hydrogen) atoms. The van der Waals surface area contributed by atoms with E-state index >= 15 is 0 Å². The van der Waals surface area contributed by atoms with E-state index < -0.39 is 0 Å². The third-order valence-corrected chi connectivity index (χ3v) is 4.70. The number of alkyl halides is 1. The molecule has 106 valence electrons. The van der Waals surface area contributed by atoms with Gasteiger partial charge < -0.3 is 4.74 Å². The second-order valence-corrected chi connectivity index (χ2v) is 6.04. The van der Waals surface area contributed by atoms with Crippen LogP contribution < -0.4 is 4.74 Å². The second kappa shape index (κ2) is 6.15. The topological polar surface area (TPSA) is 9.23 Å². The minimum atomic E-state index is -0.373.